The van der Waals surface area contributed by atoms with E-state index in [9.17, 15) is 0 Å². The molecule has 1 aliphatic carbocycles. The molecular formula is C7H9NO. The van der Waals surface area contributed by atoms with Crippen LogP contribution in [-0.2, 0) is 5.54 Å². The summed E-state index contributed by atoms with van der Waals surface area (Å²) in [4.78, 5) is 0. The first-order chi connectivity index (χ1) is 4.31. The van der Waals surface area contributed by atoms with E-state index in [0.717, 1.165) is 18.6 Å². The number of rotatable bonds is 1. The Morgan fingerprint density at radius 1 is 1.56 bits per heavy atom. The minimum Gasteiger partial charge on any atom is -0.467 e. The molecule has 0 bridgehead atoms. The zero-order chi connectivity index (χ0) is 6.32. The molecule has 1 saturated carbocycles. The SMILES string of the molecule is NC1(c2ccco2)CC1. The van der Waals surface area contributed by atoms with Gasteiger partial charge in [0.05, 0.1) is 11.8 Å². The van der Waals surface area contributed by atoms with Crippen LogP contribution >= 0.6 is 0 Å². The highest BCUT2D eigenvalue weighted by Crippen LogP contribution is 2.42. The molecule has 2 nitrogen and oxygen atoms in total. The van der Waals surface area contributed by atoms with Crippen molar-refractivity contribution in [2.75, 3.05) is 0 Å². The molecule has 0 amide bonds. The van der Waals surface area contributed by atoms with Gasteiger partial charge in [0.2, 0.25) is 0 Å². The Morgan fingerprint density at radius 3 is 2.78 bits per heavy atom. The summed E-state index contributed by atoms with van der Waals surface area (Å²) in [5.74, 6) is 0.933. The molecule has 0 aliphatic heterocycles. The van der Waals surface area contributed by atoms with Crippen molar-refractivity contribution in [1.82, 2.24) is 0 Å². The summed E-state index contributed by atoms with van der Waals surface area (Å²) in [7, 11) is 0. The summed E-state index contributed by atoms with van der Waals surface area (Å²) < 4.78 is 5.14. The maximum Gasteiger partial charge on any atom is 0.123 e. The van der Waals surface area contributed by atoms with Crippen molar-refractivity contribution in [1.29, 1.82) is 0 Å². The second kappa shape index (κ2) is 1.39. The minimum absolute atomic E-state index is 0.0938. The van der Waals surface area contributed by atoms with Crippen LogP contribution in [0.5, 0.6) is 0 Å². The monoisotopic (exact) mass is 123 g/mol. The van der Waals surface area contributed by atoms with Crippen LogP contribution in [0.2, 0.25) is 0 Å². The van der Waals surface area contributed by atoms with Crippen molar-refractivity contribution in [3.63, 3.8) is 0 Å². The van der Waals surface area contributed by atoms with Crippen LogP contribution in [0.3, 0.4) is 0 Å². The Hall–Kier alpha value is -0.760. The maximum atomic E-state index is 5.82. The fraction of sp³-hybridized carbons (Fsp3) is 0.429. The van der Waals surface area contributed by atoms with Gasteiger partial charge in [0.1, 0.15) is 5.76 Å². The molecule has 2 rings (SSSR count). The molecule has 0 saturated heterocycles. The summed E-state index contributed by atoms with van der Waals surface area (Å²) >= 11 is 0. The van der Waals surface area contributed by atoms with Gasteiger partial charge in [0.15, 0.2) is 0 Å². The summed E-state index contributed by atoms with van der Waals surface area (Å²) in [5, 5.41) is 0. The third-order valence-electron chi connectivity index (χ3n) is 1.80. The van der Waals surface area contributed by atoms with E-state index in [1.165, 1.54) is 0 Å². The number of hydrogen-bond donors (Lipinski definition) is 1. The largest absolute Gasteiger partial charge is 0.467 e. The molecule has 1 aliphatic rings. The quantitative estimate of drug-likeness (QED) is 0.610. The van der Waals surface area contributed by atoms with Crippen molar-refractivity contribution in [2.24, 2.45) is 5.73 Å². The van der Waals surface area contributed by atoms with Crippen LogP contribution in [0.1, 0.15) is 18.6 Å². The van der Waals surface area contributed by atoms with Crippen molar-refractivity contribution >= 4 is 0 Å². The molecule has 2 heteroatoms. The Balaban J connectivity index is 2.34. The van der Waals surface area contributed by atoms with Crippen molar-refractivity contribution in [2.45, 2.75) is 18.4 Å². The first-order valence-electron chi connectivity index (χ1n) is 3.14. The Bertz CT molecular complexity index is 199. The molecule has 1 aromatic rings. The Labute approximate surface area is 53.7 Å². The maximum absolute atomic E-state index is 5.82. The summed E-state index contributed by atoms with van der Waals surface area (Å²) in [6, 6.07) is 3.81. The van der Waals surface area contributed by atoms with Crippen LogP contribution in [0.25, 0.3) is 0 Å². The highest BCUT2D eigenvalue weighted by atomic mass is 16.3. The van der Waals surface area contributed by atoms with Gasteiger partial charge in [-0.05, 0) is 25.0 Å². The van der Waals surface area contributed by atoms with Gasteiger partial charge in [-0.15, -0.1) is 0 Å². The van der Waals surface area contributed by atoms with Gasteiger partial charge in [-0.1, -0.05) is 0 Å². The minimum atomic E-state index is -0.0938. The van der Waals surface area contributed by atoms with E-state index in [0.29, 0.717) is 0 Å². The second-order valence-corrected chi connectivity index (χ2v) is 2.63. The number of nitrogens with two attached hydrogens (primary N) is 1. The van der Waals surface area contributed by atoms with Crippen LogP contribution in [0.15, 0.2) is 22.8 Å². The highest BCUT2D eigenvalue weighted by molar-refractivity contribution is 5.18. The van der Waals surface area contributed by atoms with Gasteiger partial charge in [-0.25, -0.2) is 0 Å². The van der Waals surface area contributed by atoms with Crippen molar-refractivity contribution in [3.8, 4) is 0 Å². The van der Waals surface area contributed by atoms with Crippen molar-refractivity contribution < 1.29 is 4.42 Å². The van der Waals surface area contributed by atoms with Crippen LogP contribution < -0.4 is 5.73 Å². The highest BCUT2D eigenvalue weighted by Gasteiger charge is 2.42. The van der Waals surface area contributed by atoms with Gasteiger partial charge < -0.3 is 10.2 Å². The molecular weight excluding hydrogens is 114 g/mol. The van der Waals surface area contributed by atoms with Gasteiger partial charge in [0, 0.05) is 0 Å². The fourth-order valence-electron chi connectivity index (χ4n) is 0.943. The summed E-state index contributed by atoms with van der Waals surface area (Å²) in [6.45, 7) is 0. The normalized spacial score (nSPS) is 21.9. The molecule has 0 unspecified atom stereocenters. The molecule has 9 heavy (non-hydrogen) atoms. The predicted octanol–water partition coefficient (Wildman–Crippen LogP) is 1.23. The van der Waals surface area contributed by atoms with E-state index in [-0.39, 0.29) is 5.54 Å². The average molecular weight is 123 g/mol. The molecule has 48 valence electrons. The first kappa shape index (κ1) is 5.06. The van der Waals surface area contributed by atoms with E-state index in [1.54, 1.807) is 6.26 Å². The third-order valence-corrected chi connectivity index (χ3v) is 1.80. The molecule has 2 N–H and O–H groups in total. The zero-order valence-electron chi connectivity index (χ0n) is 5.13. The molecule has 0 spiro atoms. The average Bonchev–Trinajstić information content (AvgIpc) is 2.46. The van der Waals surface area contributed by atoms with Crippen LogP contribution in [-0.4, -0.2) is 0 Å². The van der Waals surface area contributed by atoms with Gasteiger partial charge in [0.25, 0.3) is 0 Å². The van der Waals surface area contributed by atoms with Crippen LogP contribution in [0.4, 0.5) is 0 Å². The molecule has 1 aromatic heterocycles. The Morgan fingerprint density at radius 2 is 2.33 bits per heavy atom. The van der Waals surface area contributed by atoms with E-state index < -0.39 is 0 Å². The molecule has 1 fully saturated rings. The van der Waals surface area contributed by atoms with E-state index in [4.69, 9.17) is 10.2 Å². The third kappa shape index (κ3) is 0.669. The first-order valence-corrected chi connectivity index (χ1v) is 3.14. The summed E-state index contributed by atoms with van der Waals surface area (Å²) in [5.41, 5.74) is 5.72. The van der Waals surface area contributed by atoms with Gasteiger partial charge in [-0.2, -0.15) is 0 Å². The molecule has 0 atom stereocenters. The van der Waals surface area contributed by atoms with Crippen molar-refractivity contribution in [3.05, 3.63) is 24.2 Å². The van der Waals surface area contributed by atoms with Gasteiger partial charge >= 0.3 is 0 Å². The lowest BCUT2D eigenvalue weighted by Gasteiger charge is -2.00. The van der Waals surface area contributed by atoms with Gasteiger partial charge in [-0.3, -0.25) is 0 Å². The van der Waals surface area contributed by atoms with E-state index in [1.807, 2.05) is 12.1 Å². The lowest BCUT2D eigenvalue weighted by Crippen LogP contribution is -2.17. The summed E-state index contributed by atoms with van der Waals surface area (Å²) in [6.07, 6.45) is 3.81. The number of hydrogen-bond acceptors (Lipinski definition) is 2. The number of furan rings is 1. The van der Waals surface area contributed by atoms with Crippen LogP contribution in [0, 0.1) is 0 Å². The molecule has 0 aromatic carbocycles. The lowest BCUT2D eigenvalue weighted by molar-refractivity contribution is 0.457. The van der Waals surface area contributed by atoms with E-state index >= 15 is 0 Å². The lowest BCUT2D eigenvalue weighted by atomic mass is 10.2. The predicted molar refractivity (Wildman–Crippen MR) is 33.8 cm³/mol. The standard InChI is InChI=1S/C7H9NO/c8-7(3-4-7)6-2-1-5-9-6/h1-2,5H,3-4,8H2. The Kier molecular flexibility index (Phi) is 0.781. The fourth-order valence-corrected chi connectivity index (χ4v) is 0.943. The second-order valence-electron chi connectivity index (χ2n) is 2.63. The smallest absolute Gasteiger partial charge is 0.123 e. The van der Waals surface area contributed by atoms with E-state index in [2.05, 4.69) is 0 Å². The molecule has 1 heterocycles. The molecule has 0 radical (unpaired) electrons. The topological polar surface area (TPSA) is 39.2 Å². The zero-order valence-corrected chi connectivity index (χ0v) is 5.13.